The molecule has 1 aliphatic rings. The Labute approximate surface area is 125 Å². The lowest BCUT2D eigenvalue weighted by Crippen LogP contribution is -2.27. The Morgan fingerprint density at radius 2 is 2.15 bits per heavy atom. The summed E-state index contributed by atoms with van der Waals surface area (Å²) in [4.78, 5) is 1.51. The zero-order chi connectivity index (χ0) is 13.8. The molecule has 1 aliphatic carbocycles. The van der Waals surface area contributed by atoms with Crippen molar-refractivity contribution >= 4 is 11.3 Å². The van der Waals surface area contributed by atoms with Crippen molar-refractivity contribution in [2.24, 2.45) is 5.92 Å². The first kappa shape index (κ1) is 13.9. The van der Waals surface area contributed by atoms with Gasteiger partial charge in [0.05, 0.1) is 0 Å². The molecule has 2 aromatic rings. The maximum atomic E-state index is 3.83. The molecule has 2 nitrogen and oxygen atoms in total. The molecule has 1 fully saturated rings. The van der Waals surface area contributed by atoms with Crippen molar-refractivity contribution in [3.63, 3.8) is 0 Å². The van der Waals surface area contributed by atoms with E-state index in [1.54, 1.807) is 0 Å². The Morgan fingerprint density at radius 3 is 2.85 bits per heavy atom. The van der Waals surface area contributed by atoms with E-state index >= 15 is 0 Å². The van der Waals surface area contributed by atoms with Crippen LogP contribution in [0.3, 0.4) is 0 Å². The molecule has 3 heteroatoms. The van der Waals surface area contributed by atoms with Crippen LogP contribution in [0, 0.1) is 5.92 Å². The molecule has 108 valence electrons. The molecule has 0 aliphatic heterocycles. The molecule has 0 bridgehead atoms. The van der Waals surface area contributed by atoms with Gasteiger partial charge in [-0.2, -0.15) is 0 Å². The molecule has 0 aromatic carbocycles. The van der Waals surface area contributed by atoms with Gasteiger partial charge in [-0.25, -0.2) is 0 Å². The van der Waals surface area contributed by atoms with Crippen molar-refractivity contribution in [2.45, 2.75) is 51.7 Å². The van der Waals surface area contributed by atoms with E-state index in [4.69, 9.17) is 0 Å². The van der Waals surface area contributed by atoms with Gasteiger partial charge in [0.2, 0.25) is 0 Å². The van der Waals surface area contributed by atoms with Gasteiger partial charge in [0.1, 0.15) is 0 Å². The largest absolute Gasteiger partial charge is 0.351 e. The summed E-state index contributed by atoms with van der Waals surface area (Å²) in [6.45, 7) is 4.23. The highest BCUT2D eigenvalue weighted by atomic mass is 32.1. The van der Waals surface area contributed by atoms with Crippen LogP contribution in [0.25, 0.3) is 0 Å². The van der Waals surface area contributed by atoms with Gasteiger partial charge in [0.25, 0.3) is 0 Å². The maximum absolute atomic E-state index is 3.83. The highest BCUT2D eigenvalue weighted by Gasteiger charge is 2.26. The van der Waals surface area contributed by atoms with Gasteiger partial charge >= 0.3 is 0 Å². The molecule has 3 rings (SSSR count). The third-order valence-corrected chi connectivity index (χ3v) is 5.44. The van der Waals surface area contributed by atoms with E-state index < -0.39 is 0 Å². The smallest absolute Gasteiger partial charge is 0.0446 e. The van der Waals surface area contributed by atoms with Crippen molar-refractivity contribution in [1.82, 2.24) is 9.88 Å². The summed E-state index contributed by atoms with van der Waals surface area (Å²) in [7, 11) is 0. The topological polar surface area (TPSA) is 17.0 Å². The standard InChI is InChI=1S/C17H24N2S/c1-2-19-11-5-9-15(19)13-18-17(14-7-3-4-8-14)16-10-6-12-20-16/h5-6,9-12,14,17-18H,2-4,7-8,13H2,1H3. The second-order valence-electron chi connectivity index (χ2n) is 5.70. The quantitative estimate of drug-likeness (QED) is 0.822. The summed E-state index contributed by atoms with van der Waals surface area (Å²) in [5.74, 6) is 0.818. The summed E-state index contributed by atoms with van der Waals surface area (Å²) >= 11 is 1.90. The van der Waals surface area contributed by atoms with Crippen LogP contribution in [-0.2, 0) is 13.1 Å². The monoisotopic (exact) mass is 288 g/mol. The molecule has 0 radical (unpaired) electrons. The molecular formula is C17H24N2S. The van der Waals surface area contributed by atoms with Crippen LogP contribution >= 0.6 is 11.3 Å². The van der Waals surface area contributed by atoms with Crippen LogP contribution in [-0.4, -0.2) is 4.57 Å². The summed E-state index contributed by atoms with van der Waals surface area (Å²) < 4.78 is 2.33. The highest BCUT2D eigenvalue weighted by molar-refractivity contribution is 7.10. The van der Waals surface area contributed by atoms with Crippen molar-refractivity contribution in [1.29, 1.82) is 0 Å². The number of nitrogens with one attached hydrogen (secondary N) is 1. The highest BCUT2D eigenvalue weighted by Crippen LogP contribution is 2.37. The molecule has 20 heavy (non-hydrogen) atoms. The fraction of sp³-hybridized carbons (Fsp3) is 0.529. The van der Waals surface area contributed by atoms with Gasteiger partial charge in [-0.1, -0.05) is 18.9 Å². The van der Waals surface area contributed by atoms with Gasteiger partial charge in [0, 0.05) is 35.9 Å². The second-order valence-corrected chi connectivity index (χ2v) is 6.68. The number of thiophene rings is 1. The number of nitrogens with zero attached hydrogens (tertiary/aromatic N) is 1. The first-order valence-electron chi connectivity index (χ1n) is 7.79. The lowest BCUT2D eigenvalue weighted by Gasteiger charge is -2.24. The van der Waals surface area contributed by atoms with Crippen LogP contribution in [0.1, 0.15) is 49.2 Å². The van der Waals surface area contributed by atoms with E-state index in [0.717, 1.165) is 19.0 Å². The molecular weight excluding hydrogens is 264 g/mol. The molecule has 2 heterocycles. The minimum atomic E-state index is 0.540. The van der Waals surface area contributed by atoms with Crippen molar-refractivity contribution in [2.75, 3.05) is 0 Å². The summed E-state index contributed by atoms with van der Waals surface area (Å²) in [5.41, 5.74) is 1.40. The number of rotatable bonds is 6. The van der Waals surface area contributed by atoms with Crippen LogP contribution in [0.15, 0.2) is 35.8 Å². The lowest BCUT2D eigenvalue weighted by atomic mass is 9.96. The SMILES string of the molecule is CCn1cccc1CNC(c1cccs1)C1CCCC1. The predicted molar refractivity (Wildman–Crippen MR) is 86.0 cm³/mol. The van der Waals surface area contributed by atoms with Crippen LogP contribution in [0.5, 0.6) is 0 Å². The molecule has 0 saturated heterocycles. The van der Waals surface area contributed by atoms with Crippen LogP contribution in [0.2, 0.25) is 0 Å². The van der Waals surface area contributed by atoms with Gasteiger partial charge in [-0.15, -0.1) is 11.3 Å². The van der Waals surface area contributed by atoms with Crippen LogP contribution < -0.4 is 5.32 Å². The maximum Gasteiger partial charge on any atom is 0.0446 e. The number of hydrogen-bond acceptors (Lipinski definition) is 2. The Hall–Kier alpha value is -1.06. The third-order valence-electron chi connectivity index (χ3n) is 4.49. The average Bonchev–Trinajstić information content (AvgIpc) is 3.22. The molecule has 0 spiro atoms. The van der Waals surface area contributed by atoms with Crippen molar-refractivity contribution < 1.29 is 0 Å². The van der Waals surface area contributed by atoms with E-state index in [2.05, 4.69) is 52.7 Å². The average molecular weight is 288 g/mol. The summed E-state index contributed by atoms with van der Waals surface area (Å²) in [6, 6.07) is 9.39. The zero-order valence-corrected chi connectivity index (χ0v) is 13.0. The van der Waals surface area contributed by atoms with Gasteiger partial charge < -0.3 is 9.88 Å². The molecule has 1 N–H and O–H groups in total. The van der Waals surface area contributed by atoms with Gasteiger partial charge in [-0.05, 0) is 49.3 Å². The van der Waals surface area contributed by atoms with E-state index in [1.807, 2.05) is 11.3 Å². The number of aryl methyl sites for hydroxylation is 1. The first-order valence-corrected chi connectivity index (χ1v) is 8.67. The van der Waals surface area contributed by atoms with Crippen LogP contribution in [0.4, 0.5) is 0 Å². The van der Waals surface area contributed by atoms with Crippen molar-refractivity contribution in [3.05, 3.63) is 46.4 Å². The summed E-state index contributed by atoms with van der Waals surface area (Å²) in [6.07, 6.45) is 7.74. The fourth-order valence-corrected chi connectivity index (χ4v) is 4.29. The van der Waals surface area contributed by atoms with E-state index in [0.29, 0.717) is 6.04 Å². The lowest BCUT2D eigenvalue weighted by molar-refractivity contribution is 0.367. The molecule has 1 unspecified atom stereocenters. The number of aromatic nitrogens is 1. The van der Waals surface area contributed by atoms with Crippen molar-refractivity contribution in [3.8, 4) is 0 Å². The molecule has 0 amide bonds. The summed E-state index contributed by atoms with van der Waals surface area (Å²) in [5, 5.41) is 6.03. The predicted octanol–water partition coefficient (Wildman–Crippen LogP) is 4.59. The molecule has 1 atom stereocenters. The third kappa shape index (κ3) is 2.99. The first-order chi connectivity index (χ1) is 9.88. The van der Waals surface area contributed by atoms with E-state index in [9.17, 15) is 0 Å². The van der Waals surface area contributed by atoms with Gasteiger partial charge in [0.15, 0.2) is 0 Å². The minimum absolute atomic E-state index is 0.540. The zero-order valence-electron chi connectivity index (χ0n) is 12.2. The fourth-order valence-electron chi connectivity index (χ4n) is 3.39. The van der Waals surface area contributed by atoms with E-state index in [-0.39, 0.29) is 0 Å². The normalized spacial score (nSPS) is 17.6. The molecule has 1 saturated carbocycles. The second kappa shape index (κ2) is 6.59. The van der Waals surface area contributed by atoms with Gasteiger partial charge in [-0.3, -0.25) is 0 Å². The molecule has 2 aromatic heterocycles. The Bertz CT molecular complexity index is 509. The number of hydrogen-bond donors (Lipinski definition) is 1. The van der Waals surface area contributed by atoms with E-state index in [1.165, 1.54) is 36.3 Å². The minimum Gasteiger partial charge on any atom is -0.351 e. The Kier molecular flexibility index (Phi) is 4.58. The Balaban J connectivity index is 1.70. The Morgan fingerprint density at radius 1 is 1.30 bits per heavy atom.